The van der Waals surface area contributed by atoms with E-state index in [1.165, 1.54) is 0 Å². The normalized spacial score (nSPS) is 12.5. The lowest BCUT2D eigenvalue weighted by atomic mass is 10.1. The van der Waals surface area contributed by atoms with Gasteiger partial charge in [-0.3, -0.25) is 14.2 Å². The van der Waals surface area contributed by atoms with Gasteiger partial charge in [-0.25, -0.2) is 4.98 Å². The lowest BCUT2D eigenvalue weighted by Gasteiger charge is -2.30. The van der Waals surface area contributed by atoms with Gasteiger partial charge in [-0.15, -0.1) is 0 Å². The molecule has 2 rings (SSSR count). The van der Waals surface area contributed by atoms with Crippen LogP contribution in [0.4, 0.5) is 0 Å². The molecule has 1 heterocycles. The van der Waals surface area contributed by atoms with Crippen LogP contribution in [0, 0.1) is 5.92 Å². The average molecular weight is 422 g/mol. The standard InChI is InChI=1S/C22H33ClN4O2/c1-15(2)13-20(28)27(12-8-6-5-7-11-24)16(3)21-25-19-14-17(23)9-10-18(19)22(29)26(21)4/h9-10,14-16H,5-8,11-13,24H2,1-4H3/p+1/t16-/m0/s1. The second kappa shape index (κ2) is 10.7. The molecule has 1 aromatic carbocycles. The van der Waals surface area contributed by atoms with Crippen LogP contribution in [0.5, 0.6) is 0 Å². The fraction of sp³-hybridized carbons (Fsp3) is 0.591. The van der Waals surface area contributed by atoms with Crippen LogP contribution in [0.1, 0.15) is 64.7 Å². The number of hydrogen-bond acceptors (Lipinski definition) is 3. The first kappa shape index (κ1) is 23.4. The predicted molar refractivity (Wildman–Crippen MR) is 118 cm³/mol. The minimum atomic E-state index is -0.296. The Labute approximate surface area is 178 Å². The first-order valence-electron chi connectivity index (χ1n) is 10.5. The summed E-state index contributed by atoms with van der Waals surface area (Å²) in [4.78, 5) is 32.4. The number of halogens is 1. The monoisotopic (exact) mass is 421 g/mol. The quantitative estimate of drug-likeness (QED) is 0.597. The Bertz CT molecular complexity index is 894. The van der Waals surface area contributed by atoms with E-state index in [-0.39, 0.29) is 23.4 Å². The molecule has 0 bridgehead atoms. The molecule has 1 aromatic heterocycles. The number of amides is 1. The van der Waals surface area contributed by atoms with Crippen LogP contribution in [0.25, 0.3) is 10.9 Å². The summed E-state index contributed by atoms with van der Waals surface area (Å²) in [6.45, 7) is 7.64. The highest BCUT2D eigenvalue weighted by molar-refractivity contribution is 6.31. The predicted octanol–water partition coefficient (Wildman–Crippen LogP) is 3.32. The highest BCUT2D eigenvalue weighted by atomic mass is 35.5. The topological polar surface area (TPSA) is 82.8 Å². The Morgan fingerprint density at radius 3 is 2.55 bits per heavy atom. The summed E-state index contributed by atoms with van der Waals surface area (Å²) in [7, 11) is 1.72. The lowest BCUT2D eigenvalue weighted by molar-refractivity contribution is -0.368. The molecule has 0 radical (unpaired) electrons. The van der Waals surface area contributed by atoms with Crippen LogP contribution < -0.4 is 11.3 Å². The third-order valence-corrected chi connectivity index (χ3v) is 5.45. The zero-order valence-electron chi connectivity index (χ0n) is 18.1. The second-order valence-corrected chi connectivity index (χ2v) is 8.56. The molecule has 0 unspecified atom stereocenters. The Morgan fingerprint density at radius 2 is 1.90 bits per heavy atom. The Kier molecular flexibility index (Phi) is 8.65. The number of aromatic nitrogens is 2. The molecule has 0 aliphatic carbocycles. The number of fused-ring (bicyclic) bond motifs is 1. The van der Waals surface area contributed by atoms with E-state index in [0.29, 0.717) is 34.7 Å². The Balaban J connectivity index is 2.35. The Hall–Kier alpha value is -1.92. The average Bonchev–Trinajstić information content (AvgIpc) is 2.66. The zero-order valence-corrected chi connectivity index (χ0v) is 18.8. The molecule has 0 aliphatic heterocycles. The third-order valence-electron chi connectivity index (χ3n) is 5.22. The van der Waals surface area contributed by atoms with Gasteiger partial charge in [0.05, 0.1) is 23.5 Å². The first-order valence-corrected chi connectivity index (χ1v) is 10.9. The summed E-state index contributed by atoms with van der Waals surface area (Å²) in [6.07, 6.45) is 4.71. The van der Waals surface area contributed by atoms with Gasteiger partial charge in [0, 0.05) is 25.0 Å². The van der Waals surface area contributed by atoms with E-state index in [9.17, 15) is 9.59 Å². The molecular weight excluding hydrogens is 388 g/mol. The molecule has 160 valence electrons. The van der Waals surface area contributed by atoms with Gasteiger partial charge < -0.3 is 10.6 Å². The van der Waals surface area contributed by atoms with Gasteiger partial charge in [0.2, 0.25) is 5.91 Å². The van der Waals surface area contributed by atoms with E-state index in [1.54, 1.807) is 29.8 Å². The van der Waals surface area contributed by atoms with Crippen molar-refractivity contribution in [3.63, 3.8) is 0 Å². The van der Waals surface area contributed by atoms with Gasteiger partial charge in [0.15, 0.2) is 0 Å². The number of carbonyl (C=O) groups is 1. The fourth-order valence-electron chi connectivity index (χ4n) is 3.59. The molecule has 6 nitrogen and oxygen atoms in total. The van der Waals surface area contributed by atoms with Crippen molar-refractivity contribution in [1.82, 2.24) is 14.5 Å². The number of quaternary nitrogens is 1. The van der Waals surface area contributed by atoms with Crippen LogP contribution in [0.3, 0.4) is 0 Å². The molecule has 1 atom stereocenters. The van der Waals surface area contributed by atoms with Crippen LogP contribution >= 0.6 is 11.6 Å². The molecule has 7 heteroatoms. The first-order chi connectivity index (χ1) is 13.8. The Morgan fingerprint density at radius 1 is 1.21 bits per heavy atom. The number of benzene rings is 1. The molecule has 0 saturated heterocycles. The molecule has 0 fully saturated rings. The number of rotatable bonds is 10. The van der Waals surface area contributed by atoms with Crippen molar-refractivity contribution in [2.45, 2.75) is 58.9 Å². The smallest absolute Gasteiger partial charge is 0.261 e. The lowest BCUT2D eigenvalue weighted by Crippen LogP contribution is -2.50. The minimum absolute atomic E-state index is 0.102. The van der Waals surface area contributed by atoms with Crippen LogP contribution in [0.15, 0.2) is 23.0 Å². The van der Waals surface area contributed by atoms with Crippen molar-refractivity contribution >= 4 is 28.4 Å². The van der Waals surface area contributed by atoms with Gasteiger partial charge in [0.25, 0.3) is 5.56 Å². The van der Waals surface area contributed by atoms with E-state index in [4.69, 9.17) is 16.6 Å². The molecule has 29 heavy (non-hydrogen) atoms. The van der Waals surface area contributed by atoms with Crippen molar-refractivity contribution in [3.8, 4) is 0 Å². The number of carbonyl (C=O) groups excluding carboxylic acids is 1. The molecule has 0 saturated carbocycles. The number of hydrogen-bond donors (Lipinski definition) is 1. The van der Waals surface area contributed by atoms with Gasteiger partial charge in [-0.05, 0) is 50.3 Å². The molecule has 0 aliphatic rings. The fourth-order valence-corrected chi connectivity index (χ4v) is 3.75. The van der Waals surface area contributed by atoms with Crippen molar-refractivity contribution in [2.24, 2.45) is 13.0 Å². The maximum Gasteiger partial charge on any atom is 0.261 e. The molecule has 0 spiro atoms. The van der Waals surface area contributed by atoms with Gasteiger partial charge in [-0.1, -0.05) is 31.9 Å². The zero-order chi connectivity index (χ0) is 21.6. The minimum Gasteiger partial charge on any atom is -0.358 e. The van der Waals surface area contributed by atoms with Crippen LogP contribution in [0.2, 0.25) is 5.02 Å². The summed E-state index contributed by atoms with van der Waals surface area (Å²) < 4.78 is 1.55. The van der Waals surface area contributed by atoms with Crippen molar-refractivity contribution in [3.05, 3.63) is 39.4 Å². The highest BCUT2D eigenvalue weighted by Crippen LogP contribution is 2.23. The largest absolute Gasteiger partial charge is 0.358 e. The molecule has 3 N–H and O–H groups in total. The SMILES string of the molecule is CC(C)CC(=O)N(CCCCCC[NH3+])[C@@H](C)c1nc2cc(Cl)ccc2c(=O)n1C. The van der Waals surface area contributed by atoms with Crippen molar-refractivity contribution < 1.29 is 10.5 Å². The summed E-state index contributed by atoms with van der Waals surface area (Å²) in [5.41, 5.74) is 4.32. The molecular formula is C22H34ClN4O2+. The van der Waals surface area contributed by atoms with E-state index in [2.05, 4.69) is 5.73 Å². The third kappa shape index (κ3) is 6.03. The summed E-state index contributed by atoms with van der Waals surface area (Å²) >= 11 is 6.11. The number of unbranched alkanes of at least 4 members (excludes halogenated alkanes) is 3. The summed E-state index contributed by atoms with van der Waals surface area (Å²) in [5.74, 6) is 0.959. The maximum absolute atomic E-state index is 13.0. The van der Waals surface area contributed by atoms with Crippen molar-refractivity contribution in [2.75, 3.05) is 13.1 Å². The maximum atomic E-state index is 13.0. The van der Waals surface area contributed by atoms with Crippen molar-refractivity contribution in [1.29, 1.82) is 0 Å². The summed E-state index contributed by atoms with van der Waals surface area (Å²) in [5, 5.41) is 1.07. The highest BCUT2D eigenvalue weighted by Gasteiger charge is 2.25. The van der Waals surface area contributed by atoms with Gasteiger partial charge in [0.1, 0.15) is 5.82 Å². The van der Waals surface area contributed by atoms with E-state index >= 15 is 0 Å². The number of nitrogens with zero attached hydrogens (tertiary/aromatic N) is 3. The molecule has 1 amide bonds. The van der Waals surface area contributed by atoms with Gasteiger partial charge in [-0.2, -0.15) is 0 Å². The van der Waals surface area contributed by atoms with E-state index < -0.39 is 0 Å². The van der Waals surface area contributed by atoms with Crippen LogP contribution in [-0.2, 0) is 11.8 Å². The molecule has 2 aromatic rings. The second-order valence-electron chi connectivity index (χ2n) is 8.12. The summed E-state index contributed by atoms with van der Waals surface area (Å²) in [6, 6.07) is 4.80. The van der Waals surface area contributed by atoms with Crippen LogP contribution in [-0.4, -0.2) is 33.4 Å². The van der Waals surface area contributed by atoms with Gasteiger partial charge >= 0.3 is 0 Å². The van der Waals surface area contributed by atoms with E-state index in [1.807, 2.05) is 25.7 Å². The van der Waals surface area contributed by atoms with E-state index in [0.717, 1.165) is 32.2 Å².